The van der Waals surface area contributed by atoms with Crippen LogP contribution in [0.15, 0.2) is 28.3 Å². The Balaban J connectivity index is 2.77. The summed E-state index contributed by atoms with van der Waals surface area (Å²) in [7, 11) is -3.33. The Morgan fingerprint density at radius 2 is 2.19 bits per heavy atom. The number of fused-ring (bicyclic) bond motifs is 1. The van der Waals surface area contributed by atoms with E-state index >= 15 is 0 Å². The van der Waals surface area contributed by atoms with Crippen LogP contribution in [0.25, 0.3) is 0 Å². The first-order valence-electron chi connectivity index (χ1n) is 4.71. The number of oxime groups is 1. The summed E-state index contributed by atoms with van der Waals surface area (Å²) in [5.41, 5.74) is 0.757. The van der Waals surface area contributed by atoms with Crippen molar-refractivity contribution in [3.63, 3.8) is 0 Å². The average Bonchev–Trinajstić information content (AvgIpc) is 2.23. The lowest BCUT2D eigenvalue weighted by atomic mass is 10.1. The van der Waals surface area contributed by atoms with E-state index in [4.69, 9.17) is 16.8 Å². The third kappa shape index (κ3) is 1.60. The van der Waals surface area contributed by atoms with Gasteiger partial charge in [0.1, 0.15) is 0 Å². The fourth-order valence-corrected chi connectivity index (χ4v) is 3.50. The lowest BCUT2D eigenvalue weighted by Crippen LogP contribution is -2.29. The molecule has 0 aliphatic carbocycles. The molecule has 0 amide bonds. The topological polar surface area (TPSA) is 66.7 Å². The molecular formula is C10H10ClNO3S. The highest BCUT2D eigenvalue weighted by atomic mass is 35.5. The summed E-state index contributed by atoms with van der Waals surface area (Å²) in [5.74, 6) is 0. The SMILES string of the molecule is C[C@H]1C/C(=N/O)c2cc(Cl)ccc2S1(=O)=O. The monoisotopic (exact) mass is 259 g/mol. The molecule has 0 saturated carbocycles. The van der Waals surface area contributed by atoms with Crippen LogP contribution in [0.1, 0.15) is 18.9 Å². The molecular weight excluding hydrogens is 250 g/mol. The van der Waals surface area contributed by atoms with Crippen molar-refractivity contribution < 1.29 is 13.6 Å². The highest BCUT2D eigenvalue weighted by Crippen LogP contribution is 2.31. The van der Waals surface area contributed by atoms with Crippen molar-refractivity contribution >= 4 is 27.1 Å². The summed E-state index contributed by atoms with van der Waals surface area (Å²) in [5, 5.41) is 11.9. The van der Waals surface area contributed by atoms with E-state index in [-0.39, 0.29) is 11.3 Å². The van der Waals surface area contributed by atoms with Crippen molar-refractivity contribution in [1.82, 2.24) is 0 Å². The van der Waals surface area contributed by atoms with Crippen LogP contribution in [0, 0.1) is 0 Å². The molecule has 0 bridgehead atoms. The second-order valence-corrected chi connectivity index (χ2v) is 6.52. The molecule has 1 aliphatic heterocycles. The summed E-state index contributed by atoms with van der Waals surface area (Å²) in [6.45, 7) is 1.60. The van der Waals surface area contributed by atoms with Gasteiger partial charge in [-0.15, -0.1) is 0 Å². The van der Waals surface area contributed by atoms with Crippen LogP contribution in [0.4, 0.5) is 0 Å². The van der Waals surface area contributed by atoms with Gasteiger partial charge in [-0.05, 0) is 25.1 Å². The summed E-state index contributed by atoms with van der Waals surface area (Å²) < 4.78 is 24.0. The van der Waals surface area contributed by atoms with Crippen molar-refractivity contribution in [2.45, 2.75) is 23.5 Å². The molecule has 1 aromatic rings. The number of nitrogens with zero attached hydrogens (tertiary/aromatic N) is 1. The van der Waals surface area contributed by atoms with Gasteiger partial charge >= 0.3 is 0 Å². The molecule has 1 heterocycles. The predicted octanol–water partition coefficient (Wildman–Crippen LogP) is 2.08. The number of hydrogen-bond donors (Lipinski definition) is 1. The molecule has 0 fully saturated rings. The van der Waals surface area contributed by atoms with Gasteiger partial charge in [0.25, 0.3) is 0 Å². The zero-order valence-electron chi connectivity index (χ0n) is 8.51. The van der Waals surface area contributed by atoms with Crippen molar-refractivity contribution in [2.24, 2.45) is 5.16 Å². The maximum Gasteiger partial charge on any atom is 0.182 e. The largest absolute Gasteiger partial charge is 0.411 e. The third-order valence-corrected chi connectivity index (χ3v) is 5.12. The lowest BCUT2D eigenvalue weighted by molar-refractivity contribution is 0.317. The molecule has 16 heavy (non-hydrogen) atoms. The number of hydrogen-bond acceptors (Lipinski definition) is 4. The van der Waals surface area contributed by atoms with Gasteiger partial charge in [-0.3, -0.25) is 0 Å². The first-order chi connectivity index (χ1) is 7.46. The van der Waals surface area contributed by atoms with E-state index in [2.05, 4.69) is 5.16 Å². The molecule has 1 aromatic carbocycles. The zero-order valence-corrected chi connectivity index (χ0v) is 10.1. The van der Waals surface area contributed by atoms with Crippen molar-refractivity contribution in [1.29, 1.82) is 0 Å². The van der Waals surface area contributed by atoms with Crippen LogP contribution >= 0.6 is 11.6 Å². The van der Waals surface area contributed by atoms with Crippen LogP contribution in [-0.4, -0.2) is 24.6 Å². The minimum absolute atomic E-state index is 0.184. The Hall–Kier alpha value is -1.07. The lowest BCUT2D eigenvalue weighted by Gasteiger charge is -2.22. The van der Waals surface area contributed by atoms with E-state index in [0.717, 1.165) is 0 Å². The molecule has 4 nitrogen and oxygen atoms in total. The maximum atomic E-state index is 12.0. The van der Waals surface area contributed by atoms with Crippen molar-refractivity contribution in [3.05, 3.63) is 28.8 Å². The van der Waals surface area contributed by atoms with Crippen LogP contribution in [0.3, 0.4) is 0 Å². The molecule has 86 valence electrons. The van der Waals surface area contributed by atoms with E-state index in [9.17, 15) is 8.42 Å². The summed E-state index contributed by atoms with van der Waals surface area (Å²) in [4.78, 5) is 0.184. The van der Waals surface area contributed by atoms with Crippen LogP contribution < -0.4 is 0 Å². The first kappa shape index (κ1) is 11.4. The summed E-state index contributed by atoms with van der Waals surface area (Å²) in [6, 6.07) is 4.48. The van der Waals surface area contributed by atoms with Gasteiger partial charge in [0.05, 0.1) is 15.9 Å². The first-order valence-corrected chi connectivity index (χ1v) is 6.64. The van der Waals surface area contributed by atoms with Crippen LogP contribution in [0.5, 0.6) is 0 Å². The van der Waals surface area contributed by atoms with Crippen LogP contribution in [0.2, 0.25) is 5.02 Å². The van der Waals surface area contributed by atoms with Gasteiger partial charge in [0.2, 0.25) is 0 Å². The molecule has 1 aliphatic rings. The van der Waals surface area contributed by atoms with E-state index in [1.165, 1.54) is 18.2 Å². The van der Waals surface area contributed by atoms with E-state index in [0.29, 0.717) is 16.3 Å². The van der Waals surface area contributed by atoms with E-state index in [1.54, 1.807) is 6.92 Å². The molecule has 0 aromatic heterocycles. The predicted molar refractivity (Wildman–Crippen MR) is 61.0 cm³/mol. The molecule has 0 unspecified atom stereocenters. The number of rotatable bonds is 0. The Labute approximate surface area is 98.5 Å². The smallest absolute Gasteiger partial charge is 0.182 e. The third-order valence-electron chi connectivity index (χ3n) is 2.69. The van der Waals surface area contributed by atoms with Crippen molar-refractivity contribution in [2.75, 3.05) is 0 Å². The highest BCUT2D eigenvalue weighted by Gasteiger charge is 2.34. The number of sulfone groups is 1. The maximum absolute atomic E-state index is 12.0. The Morgan fingerprint density at radius 1 is 1.50 bits per heavy atom. The fourth-order valence-electron chi connectivity index (χ4n) is 1.78. The second-order valence-electron chi connectivity index (χ2n) is 3.75. The second kappa shape index (κ2) is 3.75. The summed E-state index contributed by atoms with van der Waals surface area (Å²) >= 11 is 5.80. The van der Waals surface area contributed by atoms with Gasteiger partial charge in [-0.2, -0.15) is 0 Å². The Morgan fingerprint density at radius 3 is 2.81 bits per heavy atom. The van der Waals surface area contributed by atoms with E-state index in [1.807, 2.05) is 0 Å². The van der Waals surface area contributed by atoms with Gasteiger partial charge in [0.15, 0.2) is 9.84 Å². The molecule has 1 atom stereocenters. The van der Waals surface area contributed by atoms with Crippen molar-refractivity contribution in [3.8, 4) is 0 Å². The number of halogens is 1. The van der Waals surface area contributed by atoms with Gasteiger partial charge < -0.3 is 5.21 Å². The number of benzene rings is 1. The zero-order chi connectivity index (χ0) is 11.9. The average molecular weight is 260 g/mol. The minimum Gasteiger partial charge on any atom is -0.411 e. The molecule has 2 rings (SSSR count). The minimum atomic E-state index is -3.33. The Bertz CT molecular complexity index is 565. The quantitative estimate of drug-likeness (QED) is 0.573. The molecule has 0 saturated heterocycles. The Kier molecular flexibility index (Phi) is 2.67. The van der Waals surface area contributed by atoms with Gasteiger partial charge in [0, 0.05) is 17.0 Å². The molecule has 0 radical (unpaired) electrons. The van der Waals surface area contributed by atoms with E-state index < -0.39 is 15.1 Å². The normalized spacial score (nSPS) is 25.4. The molecule has 6 heteroatoms. The fraction of sp³-hybridized carbons (Fsp3) is 0.300. The molecule has 1 N–H and O–H groups in total. The molecule has 0 spiro atoms. The standard InChI is InChI=1S/C10H10ClNO3S/c1-6-4-9(12-13)8-5-7(11)2-3-10(8)16(6,14)15/h2-3,5-6,13H,4H2,1H3/b12-9-/t6-/m0/s1. The highest BCUT2D eigenvalue weighted by molar-refractivity contribution is 7.92. The summed E-state index contributed by atoms with van der Waals surface area (Å²) in [6.07, 6.45) is 0.201. The van der Waals surface area contributed by atoms with Gasteiger partial charge in [-0.25, -0.2) is 8.42 Å². The van der Waals surface area contributed by atoms with Crippen LogP contribution in [-0.2, 0) is 9.84 Å². The van der Waals surface area contributed by atoms with Gasteiger partial charge in [-0.1, -0.05) is 16.8 Å².